The number of rotatable bonds is 7. The molecule has 0 aliphatic rings. The fourth-order valence-electron chi connectivity index (χ4n) is 2.25. The molecule has 1 aromatic carbocycles. The first kappa shape index (κ1) is 21.8. The van der Waals surface area contributed by atoms with Gasteiger partial charge in [0.1, 0.15) is 18.0 Å². The summed E-state index contributed by atoms with van der Waals surface area (Å²) in [6.07, 6.45) is 2.58. The summed E-state index contributed by atoms with van der Waals surface area (Å²) in [7, 11) is 0. The molecule has 0 saturated heterocycles. The Morgan fingerprint density at radius 1 is 1.28 bits per heavy atom. The maximum Gasteiger partial charge on any atom is 0.191 e. The first-order valence-electron chi connectivity index (χ1n) is 7.96. The number of guanidine groups is 1. The highest BCUT2D eigenvalue weighted by Crippen LogP contribution is 2.15. The molecule has 2 N–H and O–H groups in total. The number of nitrogens with one attached hydrogen (secondary N) is 2. The Balaban J connectivity index is 0.00000312. The van der Waals surface area contributed by atoms with Crippen molar-refractivity contribution >= 4 is 45.9 Å². The summed E-state index contributed by atoms with van der Waals surface area (Å²) in [5, 5.41) is 14.4. The van der Waals surface area contributed by atoms with Crippen LogP contribution in [-0.2, 0) is 19.5 Å². The number of hydrogen-bond acceptors (Lipinski definition) is 3. The van der Waals surface area contributed by atoms with Crippen molar-refractivity contribution in [2.45, 2.75) is 33.4 Å². The van der Waals surface area contributed by atoms with Crippen molar-refractivity contribution in [3.63, 3.8) is 0 Å². The Morgan fingerprint density at radius 3 is 2.76 bits per heavy atom. The standard InChI is InChI=1S/C16H22BrFN6.HI/c1-3-15-23-22-11-24(15)6-5-20-16(19-4-2)21-10-12-7-13(17)9-14(18)8-12;/h7-9,11H,3-6,10H2,1-2H3,(H2,19,20,21);1H. The Kier molecular flexibility index (Phi) is 9.94. The van der Waals surface area contributed by atoms with Gasteiger partial charge < -0.3 is 15.2 Å². The van der Waals surface area contributed by atoms with Crippen molar-refractivity contribution < 1.29 is 4.39 Å². The molecule has 25 heavy (non-hydrogen) atoms. The average molecular weight is 525 g/mol. The number of benzene rings is 1. The highest BCUT2D eigenvalue weighted by Gasteiger charge is 2.03. The Hall–Kier alpha value is -1.23. The van der Waals surface area contributed by atoms with E-state index in [1.54, 1.807) is 6.33 Å². The Bertz CT molecular complexity index is 671. The minimum Gasteiger partial charge on any atom is -0.357 e. The van der Waals surface area contributed by atoms with Gasteiger partial charge >= 0.3 is 0 Å². The number of nitrogens with zero attached hydrogens (tertiary/aromatic N) is 4. The molecule has 0 spiro atoms. The van der Waals surface area contributed by atoms with Gasteiger partial charge in [-0.3, -0.25) is 0 Å². The van der Waals surface area contributed by atoms with E-state index >= 15 is 0 Å². The summed E-state index contributed by atoms with van der Waals surface area (Å²) >= 11 is 3.29. The molecule has 0 saturated carbocycles. The summed E-state index contributed by atoms with van der Waals surface area (Å²) in [6, 6.07) is 4.78. The van der Waals surface area contributed by atoms with E-state index in [0.717, 1.165) is 30.9 Å². The van der Waals surface area contributed by atoms with Gasteiger partial charge in [0.25, 0.3) is 0 Å². The summed E-state index contributed by atoms with van der Waals surface area (Å²) in [4.78, 5) is 4.49. The molecule has 0 radical (unpaired) electrons. The maximum atomic E-state index is 13.4. The van der Waals surface area contributed by atoms with E-state index < -0.39 is 0 Å². The third-order valence-electron chi connectivity index (χ3n) is 3.34. The second-order valence-corrected chi connectivity index (χ2v) is 6.11. The number of aryl methyl sites for hydroxylation is 1. The zero-order chi connectivity index (χ0) is 17.4. The summed E-state index contributed by atoms with van der Waals surface area (Å²) < 4.78 is 16.1. The van der Waals surface area contributed by atoms with Crippen molar-refractivity contribution in [2.24, 2.45) is 4.99 Å². The highest BCUT2D eigenvalue weighted by atomic mass is 127. The fraction of sp³-hybridized carbons (Fsp3) is 0.438. The molecule has 1 heterocycles. The van der Waals surface area contributed by atoms with E-state index in [-0.39, 0.29) is 29.8 Å². The van der Waals surface area contributed by atoms with E-state index in [2.05, 4.69) is 48.7 Å². The van der Waals surface area contributed by atoms with Crippen LogP contribution in [0, 0.1) is 5.82 Å². The van der Waals surface area contributed by atoms with Crippen LogP contribution in [-0.4, -0.2) is 33.8 Å². The summed E-state index contributed by atoms with van der Waals surface area (Å²) in [5.74, 6) is 1.39. The van der Waals surface area contributed by atoms with E-state index in [0.29, 0.717) is 23.5 Å². The SMILES string of the molecule is CCNC(=NCc1cc(F)cc(Br)c1)NCCn1cnnc1CC.I. The molecular formula is C16H23BrFIN6. The van der Waals surface area contributed by atoms with Crippen LogP contribution in [0.1, 0.15) is 25.2 Å². The lowest BCUT2D eigenvalue weighted by molar-refractivity contribution is 0.624. The highest BCUT2D eigenvalue weighted by molar-refractivity contribution is 14.0. The lowest BCUT2D eigenvalue weighted by Crippen LogP contribution is -2.38. The maximum absolute atomic E-state index is 13.4. The van der Waals surface area contributed by atoms with E-state index in [1.807, 2.05) is 17.6 Å². The lowest BCUT2D eigenvalue weighted by Gasteiger charge is -2.12. The number of hydrogen-bond donors (Lipinski definition) is 2. The zero-order valence-corrected chi connectivity index (χ0v) is 18.2. The second-order valence-electron chi connectivity index (χ2n) is 5.19. The molecule has 0 amide bonds. The third-order valence-corrected chi connectivity index (χ3v) is 3.80. The van der Waals surface area contributed by atoms with Crippen LogP contribution in [0.15, 0.2) is 34.0 Å². The molecule has 1 aromatic heterocycles. The van der Waals surface area contributed by atoms with Gasteiger partial charge in [0.2, 0.25) is 0 Å². The molecule has 0 bridgehead atoms. The first-order chi connectivity index (χ1) is 11.6. The monoisotopic (exact) mass is 524 g/mol. The Morgan fingerprint density at radius 2 is 2.08 bits per heavy atom. The van der Waals surface area contributed by atoms with Gasteiger partial charge in [-0.15, -0.1) is 34.2 Å². The van der Waals surface area contributed by atoms with Gasteiger partial charge in [0.15, 0.2) is 5.96 Å². The molecule has 2 rings (SSSR count). The summed E-state index contributed by atoms with van der Waals surface area (Å²) in [5.41, 5.74) is 0.811. The smallest absolute Gasteiger partial charge is 0.191 e. The van der Waals surface area contributed by atoms with Crippen molar-refractivity contribution in [3.8, 4) is 0 Å². The lowest BCUT2D eigenvalue weighted by atomic mass is 10.2. The topological polar surface area (TPSA) is 67.1 Å². The minimum absolute atomic E-state index is 0. The van der Waals surface area contributed by atoms with Crippen LogP contribution in [0.4, 0.5) is 4.39 Å². The first-order valence-corrected chi connectivity index (χ1v) is 8.75. The molecule has 0 unspecified atom stereocenters. The van der Waals surface area contributed by atoms with Crippen LogP contribution in [0.3, 0.4) is 0 Å². The molecule has 0 fully saturated rings. The molecule has 6 nitrogen and oxygen atoms in total. The Labute approximate surface area is 172 Å². The average Bonchev–Trinajstić information content (AvgIpc) is 2.99. The van der Waals surface area contributed by atoms with Gasteiger partial charge in [0, 0.05) is 30.5 Å². The van der Waals surface area contributed by atoms with Crippen LogP contribution in [0.5, 0.6) is 0 Å². The summed E-state index contributed by atoms with van der Waals surface area (Å²) in [6.45, 7) is 6.67. The van der Waals surface area contributed by atoms with E-state index in [9.17, 15) is 4.39 Å². The number of halogens is 3. The largest absolute Gasteiger partial charge is 0.357 e. The van der Waals surface area contributed by atoms with Crippen molar-refractivity contribution in [1.29, 1.82) is 0 Å². The quantitative estimate of drug-likeness (QED) is 0.332. The van der Waals surface area contributed by atoms with Crippen molar-refractivity contribution in [1.82, 2.24) is 25.4 Å². The predicted molar refractivity (Wildman–Crippen MR) is 112 cm³/mol. The molecule has 2 aromatic rings. The minimum atomic E-state index is -0.271. The molecule has 0 aliphatic carbocycles. The molecule has 9 heteroatoms. The normalized spacial score (nSPS) is 11.1. The van der Waals surface area contributed by atoms with Crippen molar-refractivity contribution in [2.75, 3.05) is 13.1 Å². The van der Waals surface area contributed by atoms with Crippen LogP contribution >= 0.6 is 39.9 Å². The molecule has 0 aliphatic heterocycles. The molecule has 0 atom stereocenters. The van der Waals surface area contributed by atoms with E-state index in [1.165, 1.54) is 12.1 Å². The van der Waals surface area contributed by atoms with Gasteiger partial charge in [-0.25, -0.2) is 9.38 Å². The van der Waals surface area contributed by atoms with Crippen LogP contribution < -0.4 is 10.6 Å². The fourth-order valence-corrected chi connectivity index (χ4v) is 2.76. The van der Waals surface area contributed by atoms with Gasteiger partial charge in [0.05, 0.1) is 6.54 Å². The van der Waals surface area contributed by atoms with Crippen LogP contribution in [0.25, 0.3) is 0 Å². The number of aromatic nitrogens is 3. The van der Waals surface area contributed by atoms with Gasteiger partial charge in [-0.05, 0) is 30.7 Å². The second kappa shape index (κ2) is 11.4. The molecule has 138 valence electrons. The van der Waals surface area contributed by atoms with E-state index in [4.69, 9.17) is 0 Å². The third kappa shape index (κ3) is 7.27. The van der Waals surface area contributed by atoms with Crippen LogP contribution in [0.2, 0.25) is 0 Å². The zero-order valence-electron chi connectivity index (χ0n) is 14.3. The van der Waals surface area contributed by atoms with Crippen molar-refractivity contribution in [3.05, 3.63) is 46.2 Å². The predicted octanol–water partition coefficient (Wildman–Crippen LogP) is 3.12. The van der Waals surface area contributed by atoms with Gasteiger partial charge in [-0.1, -0.05) is 22.9 Å². The number of aliphatic imine (C=N–C) groups is 1. The van der Waals surface area contributed by atoms with Gasteiger partial charge in [-0.2, -0.15) is 0 Å². The molecular weight excluding hydrogens is 502 g/mol.